The van der Waals surface area contributed by atoms with Crippen LogP contribution in [0.2, 0.25) is 0 Å². The van der Waals surface area contributed by atoms with E-state index in [0.717, 1.165) is 23.5 Å². The van der Waals surface area contributed by atoms with Gasteiger partial charge in [-0.3, -0.25) is 4.79 Å². The Kier molecular flexibility index (Phi) is 8.02. The molecule has 1 aromatic rings. The molecule has 1 N–H and O–H groups in total. The second-order valence-electron chi connectivity index (χ2n) is 4.70. The minimum atomic E-state index is 0. The summed E-state index contributed by atoms with van der Waals surface area (Å²) in [6, 6.07) is 0.206. The number of amides is 1. The van der Waals surface area contributed by atoms with Gasteiger partial charge >= 0.3 is 0 Å². The molecule has 0 bridgehead atoms. The van der Waals surface area contributed by atoms with Gasteiger partial charge in [-0.15, -0.1) is 0 Å². The first kappa shape index (κ1) is 19.1. The number of allylic oxidation sites excluding steroid dienone is 1. The van der Waals surface area contributed by atoms with Crippen molar-refractivity contribution in [2.45, 2.75) is 25.8 Å². The molecule has 2 rings (SSSR count). The van der Waals surface area contributed by atoms with E-state index in [1.807, 2.05) is 30.4 Å². The summed E-state index contributed by atoms with van der Waals surface area (Å²) in [6.45, 7) is 6.47. The molecule has 8 heteroatoms. The molecule has 0 unspecified atom stereocenters. The number of carbonyl (C=O) groups is 1. The zero-order chi connectivity index (χ0) is 15.2. The van der Waals surface area contributed by atoms with Crippen LogP contribution in [0.1, 0.15) is 30.3 Å². The Labute approximate surface area is 146 Å². The zero-order valence-corrected chi connectivity index (χ0v) is 15.3. The van der Waals surface area contributed by atoms with Crippen LogP contribution in [0, 0.1) is 0 Å². The van der Waals surface area contributed by atoms with Crippen molar-refractivity contribution < 1.29 is 8.98 Å². The number of rotatable bonds is 7. The Morgan fingerprint density at radius 2 is 2.41 bits per heavy atom. The quantitative estimate of drug-likeness (QED) is 0.599. The predicted molar refractivity (Wildman–Crippen MR) is 99.3 cm³/mol. The monoisotopic (exact) mass is 359 g/mol. The van der Waals surface area contributed by atoms with Crippen molar-refractivity contribution in [1.82, 2.24) is 14.6 Å². The highest BCUT2D eigenvalue weighted by Crippen LogP contribution is 2.30. The fourth-order valence-corrected chi connectivity index (χ4v) is 3.49. The van der Waals surface area contributed by atoms with Crippen molar-refractivity contribution in [3.8, 4) is 5.19 Å². The van der Waals surface area contributed by atoms with Gasteiger partial charge in [0.05, 0.1) is 10.6 Å². The molecule has 0 aliphatic carbocycles. The summed E-state index contributed by atoms with van der Waals surface area (Å²) in [7, 11) is 1.93. The second-order valence-corrected chi connectivity index (χ2v) is 6.64. The average molecular weight is 360 g/mol. The molecule has 0 saturated carbocycles. The average Bonchev–Trinajstić information content (AvgIpc) is 3.03. The Balaban J connectivity index is 0.00000242. The van der Waals surface area contributed by atoms with E-state index in [-0.39, 0.29) is 25.4 Å². The van der Waals surface area contributed by atoms with E-state index in [0.29, 0.717) is 11.6 Å². The first-order valence-electron chi connectivity index (χ1n) is 6.73. The van der Waals surface area contributed by atoms with Gasteiger partial charge in [-0.1, -0.05) is 24.0 Å². The highest BCUT2D eigenvalue weighted by atomic mass is 32.2. The minimum absolute atomic E-state index is 0. The van der Waals surface area contributed by atoms with E-state index in [1.165, 1.54) is 23.6 Å². The van der Waals surface area contributed by atoms with Crippen molar-refractivity contribution in [3.05, 3.63) is 23.2 Å². The maximum atomic E-state index is 11.2. The highest BCUT2D eigenvalue weighted by molar-refractivity contribution is 7.92. The van der Waals surface area contributed by atoms with Crippen LogP contribution in [0.3, 0.4) is 0 Å². The number of likely N-dealkylation sites (N-methyl/N-ethyl adjacent to an activating group) is 1. The largest absolute Gasteiger partial charge is 0.379 e. The SMILES string of the molecule is C=Cc1nc(OSN(C)C[C@H]2CCC(=O)N2)sc1/C=C\C.S. The third-order valence-corrected chi connectivity index (χ3v) is 4.63. The molecular formula is C14H21N3O2S3. The fourth-order valence-electron chi connectivity index (χ4n) is 2.03. The molecule has 22 heavy (non-hydrogen) atoms. The van der Waals surface area contributed by atoms with Crippen LogP contribution in [0.15, 0.2) is 12.7 Å². The van der Waals surface area contributed by atoms with Gasteiger partial charge in [-0.05, 0) is 25.5 Å². The molecule has 1 amide bonds. The van der Waals surface area contributed by atoms with Gasteiger partial charge in [0.1, 0.15) is 12.2 Å². The van der Waals surface area contributed by atoms with Crippen molar-refractivity contribution >= 4 is 55.1 Å². The molecule has 1 aliphatic rings. The number of aromatic nitrogens is 1. The number of thiazole rings is 1. The third kappa shape index (κ3) is 5.35. The summed E-state index contributed by atoms with van der Waals surface area (Å²) in [5.74, 6) is 0.130. The second kappa shape index (κ2) is 9.24. The van der Waals surface area contributed by atoms with Crippen LogP contribution in [0.25, 0.3) is 12.2 Å². The maximum absolute atomic E-state index is 11.2. The molecule has 0 aromatic carbocycles. The molecule has 0 radical (unpaired) electrons. The van der Waals surface area contributed by atoms with Gasteiger partial charge < -0.3 is 9.50 Å². The molecule has 1 aromatic heterocycles. The lowest BCUT2D eigenvalue weighted by molar-refractivity contribution is -0.119. The van der Waals surface area contributed by atoms with E-state index in [4.69, 9.17) is 4.18 Å². The molecule has 1 aliphatic heterocycles. The van der Waals surface area contributed by atoms with Gasteiger partial charge in [-0.2, -0.15) is 13.5 Å². The van der Waals surface area contributed by atoms with Crippen molar-refractivity contribution in [2.75, 3.05) is 13.6 Å². The summed E-state index contributed by atoms with van der Waals surface area (Å²) in [4.78, 5) is 16.6. The Morgan fingerprint density at radius 3 is 3.00 bits per heavy atom. The predicted octanol–water partition coefficient (Wildman–Crippen LogP) is 3.08. The zero-order valence-electron chi connectivity index (χ0n) is 12.7. The number of carbonyl (C=O) groups excluding carboxylic acids is 1. The number of nitrogens with one attached hydrogen (secondary N) is 1. The number of hydrogen-bond acceptors (Lipinski definition) is 6. The van der Waals surface area contributed by atoms with E-state index in [9.17, 15) is 4.79 Å². The third-order valence-electron chi connectivity index (χ3n) is 2.97. The van der Waals surface area contributed by atoms with E-state index in [1.54, 1.807) is 6.08 Å². The van der Waals surface area contributed by atoms with Gasteiger partial charge in [0, 0.05) is 26.1 Å². The minimum Gasteiger partial charge on any atom is -0.379 e. The molecule has 0 spiro atoms. The van der Waals surface area contributed by atoms with E-state index in [2.05, 4.69) is 16.9 Å². The Bertz CT molecular complexity index is 545. The normalized spacial score (nSPS) is 17.6. The maximum Gasteiger partial charge on any atom is 0.288 e. The van der Waals surface area contributed by atoms with Crippen molar-refractivity contribution in [3.63, 3.8) is 0 Å². The van der Waals surface area contributed by atoms with E-state index >= 15 is 0 Å². The molecule has 1 fully saturated rings. The smallest absolute Gasteiger partial charge is 0.288 e. The van der Waals surface area contributed by atoms with Gasteiger partial charge in [0.15, 0.2) is 0 Å². The number of hydrogen-bond donors (Lipinski definition) is 1. The molecule has 5 nitrogen and oxygen atoms in total. The molecular weight excluding hydrogens is 338 g/mol. The fraction of sp³-hybridized carbons (Fsp3) is 0.429. The topological polar surface area (TPSA) is 54.5 Å². The van der Waals surface area contributed by atoms with Crippen LogP contribution in [0.4, 0.5) is 0 Å². The van der Waals surface area contributed by atoms with Gasteiger partial charge in [0.2, 0.25) is 5.91 Å². The Morgan fingerprint density at radius 1 is 1.64 bits per heavy atom. The standard InChI is InChI=1S/C14H19N3O2S2.H2S/c1-4-6-12-11(5-2)16-14(20-12)19-21-17(3)9-10-7-8-13(18)15-10;/h4-6,10H,2,7-9H2,1,3H3,(H,15,18);1H2/b6-4-;/t10-;/m1./s1. The summed E-state index contributed by atoms with van der Waals surface area (Å²) < 4.78 is 7.59. The number of nitrogens with zero attached hydrogens (tertiary/aromatic N) is 2. The first-order valence-corrected chi connectivity index (χ1v) is 8.25. The van der Waals surface area contributed by atoms with Crippen molar-refractivity contribution in [1.29, 1.82) is 0 Å². The summed E-state index contributed by atoms with van der Waals surface area (Å²) >= 11 is 2.72. The lowest BCUT2D eigenvalue weighted by Gasteiger charge is -2.17. The molecule has 122 valence electrons. The lowest BCUT2D eigenvalue weighted by Crippen LogP contribution is -2.34. The Hall–Kier alpha value is -0.960. The molecule has 2 heterocycles. The first-order chi connectivity index (χ1) is 10.1. The van der Waals surface area contributed by atoms with Gasteiger partial charge in [-0.25, -0.2) is 9.29 Å². The van der Waals surface area contributed by atoms with Crippen molar-refractivity contribution in [2.24, 2.45) is 0 Å². The van der Waals surface area contributed by atoms with Crippen LogP contribution in [0.5, 0.6) is 5.19 Å². The lowest BCUT2D eigenvalue weighted by atomic mass is 10.2. The van der Waals surface area contributed by atoms with Crippen LogP contribution in [-0.4, -0.2) is 34.8 Å². The molecule has 1 saturated heterocycles. The van der Waals surface area contributed by atoms with Crippen LogP contribution < -0.4 is 9.50 Å². The van der Waals surface area contributed by atoms with Crippen LogP contribution >= 0.6 is 37.1 Å². The highest BCUT2D eigenvalue weighted by Gasteiger charge is 2.22. The molecule has 1 atom stereocenters. The summed E-state index contributed by atoms with van der Waals surface area (Å²) in [6.07, 6.45) is 7.18. The summed E-state index contributed by atoms with van der Waals surface area (Å²) in [5.41, 5.74) is 0.833. The van der Waals surface area contributed by atoms with E-state index < -0.39 is 0 Å². The summed E-state index contributed by atoms with van der Waals surface area (Å²) in [5, 5.41) is 3.54. The van der Waals surface area contributed by atoms with Gasteiger partial charge in [0.25, 0.3) is 5.19 Å². The van der Waals surface area contributed by atoms with Crippen LogP contribution in [-0.2, 0) is 4.79 Å².